The lowest BCUT2D eigenvalue weighted by atomic mass is 10.0. The molecule has 134 valence electrons. The molecular formula is C20H16FN5O. The average Bonchev–Trinajstić information content (AvgIpc) is 3.08. The minimum Gasteiger partial charge on any atom is -0.311 e. The first kappa shape index (κ1) is 16.8. The zero-order valence-electron chi connectivity index (χ0n) is 14.6. The molecule has 0 unspecified atom stereocenters. The highest BCUT2D eigenvalue weighted by Crippen LogP contribution is 2.34. The monoisotopic (exact) mass is 361 g/mol. The van der Waals surface area contributed by atoms with E-state index in [4.69, 9.17) is 0 Å². The topological polar surface area (TPSA) is 72.2 Å². The number of carbonyl (C=O) groups is 1. The number of fused-ring (bicyclic) bond motifs is 1. The van der Waals surface area contributed by atoms with E-state index in [1.807, 2.05) is 6.07 Å². The summed E-state index contributed by atoms with van der Waals surface area (Å²) in [5.41, 5.74) is 3.71. The summed E-state index contributed by atoms with van der Waals surface area (Å²) in [7, 11) is 0. The van der Waals surface area contributed by atoms with Crippen LogP contribution < -0.4 is 5.32 Å². The number of hydrogen-bond acceptors (Lipinski definition) is 4. The van der Waals surface area contributed by atoms with Crippen LogP contribution in [0.1, 0.15) is 13.3 Å². The Labute approximate surface area is 154 Å². The zero-order valence-corrected chi connectivity index (χ0v) is 14.6. The summed E-state index contributed by atoms with van der Waals surface area (Å²) in [5.74, 6) is 0.0340. The van der Waals surface area contributed by atoms with Gasteiger partial charge in [0.2, 0.25) is 5.91 Å². The number of anilines is 1. The van der Waals surface area contributed by atoms with E-state index in [1.54, 1.807) is 54.3 Å². The molecule has 4 aromatic rings. The number of amides is 1. The van der Waals surface area contributed by atoms with E-state index < -0.39 is 0 Å². The van der Waals surface area contributed by atoms with Gasteiger partial charge in [-0.1, -0.05) is 6.92 Å². The average molecular weight is 361 g/mol. The van der Waals surface area contributed by atoms with Gasteiger partial charge in [0.1, 0.15) is 17.3 Å². The molecule has 0 aliphatic carbocycles. The van der Waals surface area contributed by atoms with Crippen LogP contribution in [0.2, 0.25) is 0 Å². The molecule has 4 rings (SSSR count). The molecule has 27 heavy (non-hydrogen) atoms. The number of aromatic nitrogens is 4. The minimum absolute atomic E-state index is 0.114. The molecule has 0 bridgehead atoms. The second-order valence-electron chi connectivity index (χ2n) is 5.95. The van der Waals surface area contributed by atoms with Crippen LogP contribution in [0.5, 0.6) is 0 Å². The Morgan fingerprint density at radius 1 is 1.11 bits per heavy atom. The molecule has 0 saturated carbocycles. The Morgan fingerprint density at radius 2 is 1.93 bits per heavy atom. The summed E-state index contributed by atoms with van der Waals surface area (Å²) in [6.07, 6.45) is 5.49. The first-order valence-corrected chi connectivity index (χ1v) is 8.51. The lowest BCUT2D eigenvalue weighted by Crippen LogP contribution is -2.10. The van der Waals surface area contributed by atoms with E-state index in [0.717, 1.165) is 16.7 Å². The number of pyridine rings is 1. The van der Waals surface area contributed by atoms with Crippen LogP contribution >= 0.6 is 0 Å². The van der Waals surface area contributed by atoms with Crippen molar-refractivity contribution in [3.63, 3.8) is 0 Å². The van der Waals surface area contributed by atoms with Crippen LogP contribution in [0, 0.1) is 5.82 Å². The fraction of sp³-hybridized carbons (Fsp3) is 0.100. The predicted molar refractivity (Wildman–Crippen MR) is 101 cm³/mol. The Bertz CT molecular complexity index is 1120. The third-order valence-corrected chi connectivity index (χ3v) is 4.15. The van der Waals surface area contributed by atoms with Gasteiger partial charge in [0.05, 0.1) is 5.56 Å². The fourth-order valence-corrected chi connectivity index (χ4v) is 2.85. The maximum absolute atomic E-state index is 13.4. The van der Waals surface area contributed by atoms with Gasteiger partial charge in [-0.25, -0.2) is 18.9 Å². The molecule has 3 aromatic heterocycles. The molecule has 0 radical (unpaired) electrons. The Balaban J connectivity index is 1.90. The van der Waals surface area contributed by atoms with Crippen LogP contribution in [0.25, 0.3) is 28.0 Å². The van der Waals surface area contributed by atoms with Gasteiger partial charge in [-0.3, -0.25) is 4.79 Å². The van der Waals surface area contributed by atoms with Crippen LogP contribution in [0.4, 0.5) is 10.2 Å². The molecule has 0 fully saturated rings. The first-order valence-electron chi connectivity index (χ1n) is 8.51. The van der Waals surface area contributed by atoms with Crippen molar-refractivity contribution in [2.45, 2.75) is 13.3 Å². The summed E-state index contributed by atoms with van der Waals surface area (Å²) < 4.78 is 15.0. The van der Waals surface area contributed by atoms with E-state index in [2.05, 4.69) is 20.4 Å². The SMILES string of the molecule is CCC(=O)Nc1cc(-c2c(-c3ccc(F)cc3)nn3cccnc23)ccn1. The summed E-state index contributed by atoms with van der Waals surface area (Å²) in [5, 5.41) is 7.38. The third kappa shape index (κ3) is 3.27. The lowest BCUT2D eigenvalue weighted by molar-refractivity contribution is -0.115. The highest BCUT2D eigenvalue weighted by atomic mass is 19.1. The fourth-order valence-electron chi connectivity index (χ4n) is 2.85. The summed E-state index contributed by atoms with van der Waals surface area (Å²) in [6.45, 7) is 1.78. The second-order valence-corrected chi connectivity index (χ2v) is 5.95. The van der Waals surface area contributed by atoms with Crippen molar-refractivity contribution in [3.05, 3.63) is 66.9 Å². The maximum Gasteiger partial charge on any atom is 0.225 e. The van der Waals surface area contributed by atoms with Crippen molar-refractivity contribution >= 4 is 17.4 Å². The smallest absolute Gasteiger partial charge is 0.225 e. The van der Waals surface area contributed by atoms with Crippen molar-refractivity contribution in [2.24, 2.45) is 0 Å². The molecule has 3 heterocycles. The van der Waals surface area contributed by atoms with Crippen LogP contribution in [-0.2, 0) is 4.79 Å². The summed E-state index contributed by atoms with van der Waals surface area (Å²) in [6, 6.07) is 11.6. The van der Waals surface area contributed by atoms with Gasteiger partial charge >= 0.3 is 0 Å². The van der Waals surface area contributed by atoms with Crippen LogP contribution in [0.15, 0.2) is 61.1 Å². The van der Waals surface area contributed by atoms with Gasteiger partial charge in [-0.05, 0) is 48.0 Å². The van der Waals surface area contributed by atoms with Crippen molar-refractivity contribution in [2.75, 3.05) is 5.32 Å². The maximum atomic E-state index is 13.4. The molecule has 0 atom stereocenters. The molecule has 0 spiro atoms. The standard InChI is InChI=1S/C20H16FN5O/c1-2-17(27)24-16-12-14(8-10-22-16)18-19(13-4-6-15(21)7-5-13)25-26-11-3-9-23-20(18)26/h3-12H,2H2,1H3,(H,22,24,27). The lowest BCUT2D eigenvalue weighted by Gasteiger charge is -2.07. The normalized spacial score (nSPS) is 10.9. The number of halogens is 1. The Morgan fingerprint density at radius 3 is 2.70 bits per heavy atom. The van der Waals surface area contributed by atoms with Gasteiger partial charge in [-0.15, -0.1) is 0 Å². The number of rotatable bonds is 4. The number of hydrogen-bond donors (Lipinski definition) is 1. The molecule has 0 saturated heterocycles. The summed E-state index contributed by atoms with van der Waals surface area (Å²) >= 11 is 0. The van der Waals surface area contributed by atoms with E-state index in [9.17, 15) is 9.18 Å². The van der Waals surface area contributed by atoms with E-state index >= 15 is 0 Å². The predicted octanol–water partition coefficient (Wildman–Crippen LogP) is 3.95. The van der Waals surface area contributed by atoms with Crippen molar-refractivity contribution in [1.29, 1.82) is 0 Å². The highest BCUT2D eigenvalue weighted by molar-refractivity contribution is 5.93. The van der Waals surface area contributed by atoms with E-state index in [1.165, 1.54) is 12.1 Å². The molecule has 1 aromatic carbocycles. The molecule has 1 amide bonds. The molecule has 0 aliphatic rings. The third-order valence-electron chi connectivity index (χ3n) is 4.15. The quantitative estimate of drug-likeness (QED) is 0.597. The van der Waals surface area contributed by atoms with Gasteiger partial charge in [0.15, 0.2) is 5.65 Å². The second kappa shape index (κ2) is 6.95. The van der Waals surface area contributed by atoms with Gasteiger partial charge < -0.3 is 5.32 Å². The van der Waals surface area contributed by atoms with Crippen LogP contribution in [0.3, 0.4) is 0 Å². The van der Waals surface area contributed by atoms with E-state index in [0.29, 0.717) is 23.6 Å². The number of nitrogens with zero attached hydrogens (tertiary/aromatic N) is 4. The van der Waals surface area contributed by atoms with Crippen LogP contribution in [-0.4, -0.2) is 25.5 Å². The van der Waals surface area contributed by atoms with Crippen molar-refractivity contribution in [3.8, 4) is 22.4 Å². The van der Waals surface area contributed by atoms with Crippen molar-refractivity contribution < 1.29 is 9.18 Å². The first-order chi connectivity index (χ1) is 13.2. The number of benzene rings is 1. The Hall–Kier alpha value is -3.61. The van der Waals surface area contributed by atoms with Gasteiger partial charge in [0.25, 0.3) is 0 Å². The Kier molecular flexibility index (Phi) is 4.33. The number of nitrogens with one attached hydrogen (secondary N) is 1. The molecule has 0 aliphatic heterocycles. The molecular weight excluding hydrogens is 345 g/mol. The number of carbonyl (C=O) groups excluding carboxylic acids is 1. The summed E-state index contributed by atoms with van der Waals surface area (Å²) in [4.78, 5) is 20.3. The van der Waals surface area contributed by atoms with Gasteiger partial charge in [0, 0.05) is 30.6 Å². The van der Waals surface area contributed by atoms with Gasteiger partial charge in [-0.2, -0.15) is 5.10 Å². The zero-order chi connectivity index (χ0) is 18.8. The van der Waals surface area contributed by atoms with E-state index in [-0.39, 0.29) is 11.7 Å². The van der Waals surface area contributed by atoms with Crippen molar-refractivity contribution in [1.82, 2.24) is 19.6 Å². The largest absolute Gasteiger partial charge is 0.311 e. The molecule has 6 nitrogen and oxygen atoms in total. The molecule has 1 N–H and O–H groups in total. The minimum atomic E-state index is -0.310. The highest BCUT2D eigenvalue weighted by Gasteiger charge is 2.18. The molecule has 7 heteroatoms.